The molecule has 0 atom stereocenters. The molecule has 1 aliphatic rings. The van der Waals surface area contributed by atoms with E-state index in [0.29, 0.717) is 23.2 Å². The number of nitrogens with two attached hydrogens (primary N) is 1. The molecule has 2 aromatic heterocycles. The minimum absolute atomic E-state index is 0.432. The van der Waals surface area contributed by atoms with Crippen LogP contribution in [-0.4, -0.2) is 15.1 Å². The molecule has 2 heterocycles. The molecule has 5 heteroatoms. The monoisotopic (exact) mass is 272 g/mol. The van der Waals surface area contributed by atoms with Crippen LogP contribution in [0.1, 0.15) is 56.7 Å². The minimum Gasteiger partial charge on any atom is -0.397 e. The first-order valence-electron chi connectivity index (χ1n) is 7.38. The molecular formula is C15H20N4O. The van der Waals surface area contributed by atoms with Gasteiger partial charge in [-0.2, -0.15) is 4.98 Å². The van der Waals surface area contributed by atoms with Crippen molar-refractivity contribution in [1.29, 1.82) is 0 Å². The van der Waals surface area contributed by atoms with Crippen molar-refractivity contribution in [2.45, 2.75) is 50.9 Å². The zero-order valence-corrected chi connectivity index (χ0v) is 11.6. The fourth-order valence-corrected chi connectivity index (χ4v) is 2.75. The van der Waals surface area contributed by atoms with Gasteiger partial charge in [0.2, 0.25) is 0 Å². The van der Waals surface area contributed by atoms with Crippen LogP contribution in [0, 0.1) is 0 Å². The van der Waals surface area contributed by atoms with Crippen molar-refractivity contribution in [2.75, 3.05) is 5.73 Å². The summed E-state index contributed by atoms with van der Waals surface area (Å²) in [7, 11) is 0. The summed E-state index contributed by atoms with van der Waals surface area (Å²) >= 11 is 0. The molecule has 0 bridgehead atoms. The Balaban J connectivity index is 1.76. The molecule has 1 aliphatic carbocycles. The maximum absolute atomic E-state index is 5.63. The van der Waals surface area contributed by atoms with Gasteiger partial charge >= 0.3 is 0 Å². The van der Waals surface area contributed by atoms with Gasteiger partial charge in [-0.1, -0.05) is 37.3 Å². The van der Waals surface area contributed by atoms with Gasteiger partial charge in [-0.15, -0.1) is 0 Å². The van der Waals surface area contributed by atoms with Crippen molar-refractivity contribution in [2.24, 2.45) is 0 Å². The highest BCUT2D eigenvalue weighted by Gasteiger charge is 2.20. The Morgan fingerprint density at radius 2 is 1.80 bits per heavy atom. The number of hydrogen-bond donors (Lipinski definition) is 1. The standard InChI is InChI=1S/C15H20N4O/c16-12-8-9-13(17-10-12)15-18-14(19-20-15)11-6-4-2-1-3-5-7-11/h8-11H,1-7,16H2. The van der Waals surface area contributed by atoms with Gasteiger partial charge in [0.05, 0.1) is 11.9 Å². The Morgan fingerprint density at radius 3 is 2.50 bits per heavy atom. The largest absolute Gasteiger partial charge is 0.397 e. The van der Waals surface area contributed by atoms with Gasteiger partial charge in [0.15, 0.2) is 5.82 Å². The smallest absolute Gasteiger partial charge is 0.276 e. The van der Waals surface area contributed by atoms with Crippen LogP contribution in [0.5, 0.6) is 0 Å². The molecule has 0 aliphatic heterocycles. The maximum atomic E-state index is 5.63. The van der Waals surface area contributed by atoms with Crippen LogP contribution in [-0.2, 0) is 0 Å². The molecule has 0 unspecified atom stereocenters. The van der Waals surface area contributed by atoms with Crippen molar-refractivity contribution in [1.82, 2.24) is 15.1 Å². The topological polar surface area (TPSA) is 77.8 Å². The van der Waals surface area contributed by atoms with Crippen molar-refractivity contribution in [3.63, 3.8) is 0 Å². The zero-order valence-electron chi connectivity index (χ0n) is 11.6. The van der Waals surface area contributed by atoms with E-state index in [0.717, 1.165) is 18.7 Å². The molecule has 2 aromatic rings. The molecule has 106 valence electrons. The molecular weight excluding hydrogens is 252 g/mol. The molecule has 3 rings (SSSR count). The third kappa shape index (κ3) is 2.98. The predicted octanol–water partition coefficient (Wildman–Crippen LogP) is 3.54. The maximum Gasteiger partial charge on any atom is 0.276 e. The van der Waals surface area contributed by atoms with E-state index in [9.17, 15) is 0 Å². The molecule has 0 radical (unpaired) electrons. The first kappa shape index (κ1) is 13.1. The zero-order chi connectivity index (χ0) is 13.8. The number of nitrogen functional groups attached to an aromatic ring is 1. The molecule has 0 saturated heterocycles. The third-order valence-electron chi connectivity index (χ3n) is 3.92. The first-order valence-corrected chi connectivity index (χ1v) is 7.38. The predicted molar refractivity (Wildman–Crippen MR) is 77.0 cm³/mol. The number of hydrogen-bond acceptors (Lipinski definition) is 5. The molecule has 0 amide bonds. The highest BCUT2D eigenvalue weighted by Crippen LogP contribution is 2.30. The van der Waals surface area contributed by atoms with E-state index < -0.39 is 0 Å². The van der Waals surface area contributed by atoms with Gasteiger partial charge < -0.3 is 10.3 Å². The van der Waals surface area contributed by atoms with Gasteiger partial charge in [-0.25, -0.2) is 4.98 Å². The van der Waals surface area contributed by atoms with Gasteiger partial charge in [0.25, 0.3) is 5.89 Å². The van der Waals surface area contributed by atoms with Crippen LogP contribution >= 0.6 is 0 Å². The van der Waals surface area contributed by atoms with Crippen LogP contribution in [0.15, 0.2) is 22.9 Å². The number of nitrogens with zero attached hydrogens (tertiary/aromatic N) is 3. The van der Waals surface area contributed by atoms with Crippen LogP contribution in [0.3, 0.4) is 0 Å². The van der Waals surface area contributed by atoms with Crippen LogP contribution in [0.2, 0.25) is 0 Å². The van der Waals surface area contributed by atoms with Crippen LogP contribution < -0.4 is 5.73 Å². The molecule has 0 aromatic carbocycles. The lowest BCUT2D eigenvalue weighted by molar-refractivity contribution is 0.392. The molecule has 1 saturated carbocycles. The summed E-state index contributed by atoms with van der Waals surface area (Å²) in [6, 6.07) is 3.60. The van der Waals surface area contributed by atoms with Gasteiger partial charge in [0.1, 0.15) is 5.69 Å². The van der Waals surface area contributed by atoms with E-state index in [1.165, 1.54) is 32.1 Å². The van der Waals surface area contributed by atoms with E-state index in [4.69, 9.17) is 10.3 Å². The van der Waals surface area contributed by atoms with Gasteiger partial charge in [-0.3, -0.25) is 0 Å². The summed E-state index contributed by atoms with van der Waals surface area (Å²) < 4.78 is 5.35. The summed E-state index contributed by atoms with van der Waals surface area (Å²) in [4.78, 5) is 8.74. The average Bonchev–Trinajstić information content (AvgIpc) is 2.89. The summed E-state index contributed by atoms with van der Waals surface area (Å²) in [6.45, 7) is 0. The average molecular weight is 272 g/mol. The van der Waals surface area contributed by atoms with Crippen molar-refractivity contribution < 1.29 is 4.52 Å². The lowest BCUT2D eigenvalue weighted by Gasteiger charge is -2.15. The van der Waals surface area contributed by atoms with Crippen LogP contribution in [0.25, 0.3) is 11.6 Å². The quantitative estimate of drug-likeness (QED) is 0.904. The summed E-state index contributed by atoms with van der Waals surface area (Å²) in [5.41, 5.74) is 6.95. The lowest BCUT2D eigenvalue weighted by atomic mass is 9.91. The van der Waals surface area contributed by atoms with E-state index in [-0.39, 0.29) is 0 Å². The van der Waals surface area contributed by atoms with Crippen LogP contribution in [0.4, 0.5) is 5.69 Å². The van der Waals surface area contributed by atoms with Crippen molar-refractivity contribution in [3.05, 3.63) is 24.2 Å². The first-order chi connectivity index (χ1) is 9.83. The normalized spacial score (nSPS) is 17.6. The van der Waals surface area contributed by atoms with E-state index in [1.807, 2.05) is 6.07 Å². The van der Waals surface area contributed by atoms with E-state index in [2.05, 4.69) is 15.1 Å². The Hall–Kier alpha value is -1.91. The fraction of sp³-hybridized carbons (Fsp3) is 0.533. The molecule has 1 fully saturated rings. The fourth-order valence-electron chi connectivity index (χ4n) is 2.75. The number of aromatic nitrogens is 3. The Morgan fingerprint density at radius 1 is 1.05 bits per heavy atom. The number of anilines is 1. The number of pyridine rings is 1. The Kier molecular flexibility index (Phi) is 3.95. The van der Waals surface area contributed by atoms with Gasteiger partial charge in [-0.05, 0) is 25.0 Å². The summed E-state index contributed by atoms with van der Waals surface area (Å²) in [6.07, 6.45) is 10.4. The van der Waals surface area contributed by atoms with E-state index in [1.54, 1.807) is 12.3 Å². The molecule has 5 nitrogen and oxygen atoms in total. The second kappa shape index (κ2) is 6.03. The SMILES string of the molecule is Nc1ccc(-c2nc(C3CCCCCCC3)no2)nc1. The number of rotatable bonds is 2. The highest BCUT2D eigenvalue weighted by atomic mass is 16.5. The van der Waals surface area contributed by atoms with E-state index >= 15 is 0 Å². The van der Waals surface area contributed by atoms with Gasteiger partial charge in [0, 0.05) is 5.92 Å². The molecule has 2 N–H and O–H groups in total. The highest BCUT2D eigenvalue weighted by molar-refractivity contribution is 5.50. The Labute approximate surface area is 118 Å². The third-order valence-corrected chi connectivity index (χ3v) is 3.92. The van der Waals surface area contributed by atoms with Crippen molar-refractivity contribution >= 4 is 5.69 Å². The minimum atomic E-state index is 0.432. The van der Waals surface area contributed by atoms with Crippen molar-refractivity contribution in [3.8, 4) is 11.6 Å². The second-order valence-corrected chi connectivity index (χ2v) is 5.48. The molecule has 0 spiro atoms. The molecule has 20 heavy (non-hydrogen) atoms. The Bertz CT molecular complexity index is 541. The summed E-state index contributed by atoms with van der Waals surface area (Å²) in [5.74, 6) is 1.75. The second-order valence-electron chi connectivity index (χ2n) is 5.48. The lowest BCUT2D eigenvalue weighted by Crippen LogP contribution is -2.04. The summed E-state index contributed by atoms with van der Waals surface area (Å²) in [5, 5.41) is 4.15.